The Balaban J connectivity index is 2.28. The van der Waals surface area contributed by atoms with Gasteiger partial charge in [0.1, 0.15) is 0 Å². The van der Waals surface area contributed by atoms with Gasteiger partial charge in [-0.1, -0.05) is 80.7 Å². The predicted molar refractivity (Wildman–Crippen MR) is 95.7 cm³/mol. The summed E-state index contributed by atoms with van der Waals surface area (Å²) in [4.78, 5) is 0. The Kier molecular flexibility index (Phi) is 3.93. The summed E-state index contributed by atoms with van der Waals surface area (Å²) in [6.07, 6.45) is 1.07. The number of benzene rings is 3. The highest BCUT2D eigenvalue weighted by molar-refractivity contribution is 5.63. The van der Waals surface area contributed by atoms with Gasteiger partial charge in [-0.25, -0.2) is 0 Å². The van der Waals surface area contributed by atoms with Crippen molar-refractivity contribution in [1.82, 2.24) is 0 Å². The summed E-state index contributed by atoms with van der Waals surface area (Å²) in [7, 11) is 0. The van der Waals surface area contributed by atoms with E-state index in [1.54, 1.807) is 0 Å². The molecule has 0 saturated carbocycles. The van der Waals surface area contributed by atoms with Crippen molar-refractivity contribution >= 4 is 13.2 Å². The van der Waals surface area contributed by atoms with Crippen LogP contribution >= 0.6 is 0 Å². The third-order valence-corrected chi connectivity index (χ3v) is 4.11. The first-order valence-corrected chi connectivity index (χ1v) is 7.65. The molecule has 0 saturated heterocycles. The zero-order chi connectivity index (χ0) is 15.5. The van der Waals surface area contributed by atoms with Crippen molar-refractivity contribution in [2.75, 3.05) is 0 Å². The molecule has 3 aromatic carbocycles. The van der Waals surface area contributed by atoms with Gasteiger partial charge in [0.05, 0.1) is 0 Å². The molecule has 108 valence electrons. The molecule has 0 heteroatoms. The van der Waals surface area contributed by atoms with Crippen LogP contribution in [0.5, 0.6) is 0 Å². The molecule has 0 radical (unpaired) electrons. The number of hydrogen-bond donors (Lipinski definition) is 0. The minimum absolute atomic E-state index is 1.03. The summed E-state index contributed by atoms with van der Waals surface area (Å²) >= 11 is 0. The highest BCUT2D eigenvalue weighted by Crippen LogP contribution is 2.19. The minimum atomic E-state index is 1.03. The fourth-order valence-electron chi connectivity index (χ4n) is 2.72. The summed E-state index contributed by atoms with van der Waals surface area (Å²) in [6, 6.07) is 23.4. The molecule has 22 heavy (non-hydrogen) atoms. The maximum absolute atomic E-state index is 4.17. The van der Waals surface area contributed by atoms with E-state index in [0.29, 0.717) is 0 Å². The lowest BCUT2D eigenvalue weighted by atomic mass is 10.0. The largest absolute Gasteiger partial charge is 0.0911 e. The highest BCUT2D eigenvalue weighted by atomic mass is 14.0. The molecule has 0 N–H and O–H groups in total. The Morgan fingerprint density at radius 2 is 1.32 bits per heavy atom. The van der Waals surface area contributed by atoms with Crippen LogP contribution in [0.4, 0.5) is 0 Å². The molecule has 3 aromatic rings. The van der Waals surface area contributed by atoms with E-state index in [-0.39, 0.29) is 0 Å². The first-order valence-electron chi connectivity index (χ1n) is 7.65. The van der Waals surface area contributed by atoms with E-state index in [1.807, 2.05) is 18.2 Å². The first-order chi connectivity index (χ1) is 10.7. The minimum Gasteiger partial charge on any atom is -0.0911 e. The van der Waals surface area contributed by atoms with Gasteiger partial charge in [0, 0.05) is 0 Å². The van der Waals surface area contributed by atoms with E-state index in [0.717, 1.165) is 27.3 Å². The van der Waals surface area contributed by atoms with Crippen LogP contribution in [0.15, 0.2) is 66.7 Å². The van der Waals surface area contributed by atoms with E-state index < -0.39 is 0 Å². The number of hydrogen-bond acceptors (Lipinski definition) is 0. The van der Waals surface area contributed by atoms with Gasteiger partial charge in [-0.05, 0) is 50.1 Å². The quantitative estimate of drug-likeness (QED) is 0.666. The maximum atomic E-state index is 4.17. The molecule has 3 rings (SSSR count). The summed E-state index contributed by atoms with van der Waals surface area (Å²) in [5.74, 6) is 0. The molecule has 0 atom stereocenters. The Morgan fingerprint density at radius 3 is 2.00 bits per heavy atom. The first kappa shape index (κ1) is 14.3. The Morgan fingerprint density at radius 1 is 0.682 bits per heavy atom. The standard InChI is InChI=1S/C22H20/c1-4-18-10-13-19(14-11-18)20-12-9-17(3)22(15-20)21-8-6-5-7-16(21)2/h5-15H,2-4H2,1H3/b22-21-. The van der Waals surface area contributed by atoms with Crippen LogP contribution in [-0.4, -0.2) is 0 Å². The average molecular weight is 284 g/mol. The molecule has 0 aliphatic heterocycles. The Labute approximate surface area is 131 Å². The van der Waals surface area contributed by atoms with Crippen molar-refractivity contribution < 1.29 is 0 Å². The predicted octanol–water partition coefficient (Wildman–Crippen LogP) is 4.02. The fourth-order valence-corrected chi connectivity index (χ4v) is 2.72. The van der Waals surface area contributed by atoms with E-state index in [2.05, 4.69) is 68.6 Å². The second-order valence-corrected chi connectivity index (χ2v) is 5.58. The molecule has 0 aliphatic carbocycles. The third-order valence-electron chi connectivity index (χ3n) is 4.11. The second-order valence-electron chi connectivity index (χ2n) is 5.58. The molecule has 0 aromatic heterocycles. The van der Waals surface area contributed by atoms with Crippen molar-refractivity contribution in [3.05, 3.63) is 93.2 Å². The van der Waals surface area contributed by atoms with E-state index in [4.69, 9.17) is 0 Å². The summed E-state index contributed by atoms with van der Waals surface area (Å²) < 4.78 is 0. The van der Waals surface area contributed by atoms with E-state index in [1.165, 1.54) is 16.7 Å². The number of aryl methyl sites for hydroxylation is 1. The summed E-state index contributed by atoms with van der Waals surface area (Å²) in [5, 5.41) is 4.37. The second kappa shape index (κ2) is 6.03. The van der Waals surface area contributed by atoms with E-state index in [9.17, 15) is 0 Å². The van der Waals surface area contributed by atoms with Crippen LogP contribution in [0.1, 0.15) is 12.5 Å². The highest BCUT2D eigenvalue weighted by Gasteiger charge is 1.98. The van der Waals surface area contributed by atoms with Gasteiger partial charge in [0.15, 0.2) is 0 Å². The molecule has 0 bridgehead atoms. The molecular weight excluding hydrogens is 264 g/mol. The Hall–Kier alpha value is -2.60. The van der Waals surface area contributed by atoms with Crippen LogP contribution in [0, 0.1) is 10.4 Å². The maximum Gasteiger partial charge on any atom is -0.0105 e. The van der Waals surface area contributed by atoms with Crippen molar-refractivity contribution in [3.63, 3.8) is 0 Å². The lowest BCUT2D eigenvalue weighted by molar-refractivity contribution is 1.14. The zero-order valence-corrected chi connectivity index (χ0v) is 13.0. The van der Waals surface area contributed by atoms with Crippen molar-refractivity contribution in [2.24, 2.45) is 0 Å². The van der Waals surface area contributed by atoms with Crippen LogP contribution in [-0.2, 0) is 6.42 Å². The zero-order valence-electron chi connectivity index (χ0n) is 13.0. The molecule has 0 unspecified atom stereocenters. The smallest absolute Gasteiger partial charge is 0.0105 e. The summed E-state index contributed by atoms with van der Waals surface area (Å²) in [6.45, 7) is 10.5. The molecule has 0 fully saturated rings. The van der Waals surface area contributed by atoms with Crippen molar-refractivity contribution in [2.45, 2.75) is 13.3 Å². The van der Waals surface area contributed by atoms with Gasteiger partial charge in [-0.15, -0.1) is 0 Å². The molecule has 0 amide bonds. The molecule has 0 nitrogen and oxygen atoms in total. The van der Waals surface area contributed by atoms with Crippen LogP contribution in [0.25, 0.3) is 24.3 Å². The molecule has 0 aliphatic rings. The van der Waals surface area contributed by atoms with Gasteiger partial charge < -0.3 is 0 Å². The van der Waals surface area contributed by atoms with Gasteiger partial charge in [0.25, 0.3) is 0 Å². The Bertz CT molecular complexity index is 979. The summed E-state index contributed by atoms with van der Waals surface area (Å²) in [5.41, 5.74) is 3.81. The van der Waals surface area contributed by atoms with E-state index >= 15 is 0 Å². The monoisotopic (exact) mass is 284 g/mol. The normalized spacial score (nSPS) is 12.2. The number of rotatable bonds is 2. The van der Waals surface area contributed by atoms with Crippen molar-refractivity contribution in [1.29, 1.82) is 0 Å². The van der Waals surface area contributed by atoms with Gasteiger partial charge >= 0.3 is 0 Å². The van der Waals surface area contributed by atoms with Crippen LogP contribution in [0.2, 0.25) is 0 Å². The molecule has 0 heterocycles. The van der Waals surface area contributed by atoms with Crippen molar-refractivity contribution in [3.8, 4) is 11.1 Å². The average Bonchev–Trinajstić information content (AvgIpc) is 2.56. The van der Waals surface area contributed by atoms with Gasteiger partial charge in [-0.2, -0.15) is 0 Å². The SMILES string of the molecule is C=c1cccc/c1=c1\cc(-c2ccc(CC)cc2)ccc1=C. The van der Waals surface area contributed by atoms with Gasteiger partial charge in [0.2, 0.25) is 0 Å². The fraction of sp³-hybridized carbons (Fsp3) is 0.0909. The molecular formula is C22H20. The van der Waals surface area contributed by atoms with Crippen LogP contribution < -0.4 is 10.4 Å². The lowest BCUT2D eigenvalue weighted by Gasteiger charge is -2.04. The van der Waals surface area contributed by atoms with Gasteiger partial charge in [-0.3, -0.25) is 0 Å². The van der Waals surface area contributed by atoms with Crippen LogP contribution in [0.3, 0.4) is 0 Å². The third kappa shape index (κ3) is 2.73. The molecule has 0 spiro atoms. The lowest BCUT2D eigenvalue weighted by Crippen LogP contribution is -2.06. The topological polar surface area (TPSA) is 0 Å².